The third-order valence-electron chi connectivity index (χ3n) is 6.17. The summed E-state index contributed by atoms with van der Waals surface area (Å²) in [5, 5.41) is 9.17. The second-order valence-electron chi connectivity index (χ2n) is 10.3. The molecular weight excluding hydrogens is 495 g/mol. The zero-order chi connectivity index (χ0) is 27.1. The van der Waals surface area contributed by atoms with E-state index in [1.807, 2.05) is 20.8 Å². The van der Waals surface area contributed by atoms with E-state index in [9.17, 15) is 22.8 Å². The molecule has 0 radical (unpaired) electrons. The smallest absolute Gasteiger partial charge is 0.417 e. The first kappa shape index (κ1) is 27.7. The number of thiocarbonyl (C=S) groups is 1. The van der Waals surface area contributed by atoms with Crippen LogP contribution in [0.15, 0.2) is 18.2 Å². The standard InChI is InChI=1S/C24H30F3N5O3S/c1-22(2,3)35-21(34)30-11-8-29(9-12-30)10-13-31-20(36)32(19(33)23(31,4)5)17-7-6-16(15-28)18(14-17)24(25,26)27/h6-7,14H,8-13H2,1-5H3. The number of benzene rings is 1. The number of alkyl halides is 3. The lowest BCUT2D eigenvalue weighted by Crippen LogP contribution is -2.53. The molecule has 1 aromatic rings. The van der Waals surface area contributed by atoms with Gasteiger partial charge in [-0.25, -0.2) is 4.79 Å². The number of hydrogen-bond acceptors (Lipinski definition) is 6. The first-order valence-electron chi connectivity index (χ1n) is 11.5. The third-order valence-corrected chi connectivity index (χ3v) is 6.58. The Bertz CT molecular complexity index is 1090. The SMILES string of the molecule is CC(C)(C)OC(=O)N1CCN(CCN2C(=S)N(c3ccc(C#N)c(C(F)(F)F)c3)C(=O)C2(C)C)CC1. The summed E-state index contributed by atoms with van der Waals surface area (Å²) in [6, 6.07) is 4.68. The summed E-state index contributed by atoms with van der Waals surface area (Å²) in [5.41, 5.74) is -3.30. The van der Waals surface area contributed by atoms with Gasteiger partial charge in [0.2, 0.25) is 0 Å². The Kier molecular flexibility index (Phi) is 7.58. The van der Waals surface area contributed by atoms with Crippen LogP contribution in [0, 0.1) is 11.3 Å². The maximum absolute atomic E-state index is 13.5. The lowest BCUT2D eigenvalue weighted by Gasteiger charge is -2.37. The molecule has 0 bridgehead atoms. The molecular formula is C24H30F3N5O3S. The van der Waals surface area contributed by atoms with Crippen molar-refractivity contribution in [3.05, 3.63) is 29.3 Å². The van der Waals surface area contributed by atoms with Crippen LogP contribution in [-0.2, 0) is 15.7 Å². The summed E-state index contributed by atoms with van der Waals surface area (Å²) in [4.78, 5) is 32.1. The van der Waals surface area contributed by atoms with Crippen molar-refractivity contribution in [2.75, 3.05) is 44.2 Å². The number of rotatable bonds is 4. The second-order valence-corrected chi connectivity index (χ2v) is 10.6. The van der Waals surface area contributed by atoms with Crippen molar-refractivity contribution >= 4 is 35.0 Å². The third kappa shape index (κ3) is 5.73. The number of halogens is 3. The second kappa shape index (κ2) is 9.86. The Morgan fingerprint density at radius 3 is 2.28 bits per heavy atom. The molecule has 0 aromatic heterocycles. The fraction of sp³-hybridized carbons (Fsp3) is 0.583. The summed E-state index contributed by atoms with van der Waals surface area (Å²) < 4.78 is 45.8. The molecule has 8 nitrogen and oxygen atoms in total. The highest BCUT2D eigenvalue weighted by Crippen LogP contribution is 2.37. The molecule has 2 fully saturated rings. The summed E-state index contributed by atoms with van der Waals surface area (Å²) >= 11 is 5.53. The minimum absolute atomic E-state index is 0.0297. The predicted molar refractivity (Wildman–Crippen MR) is 131 cm³/mol. The summed E-state index contributed by atoms with van der Waals surface area (Å²) in [5.74, 6) is -0.444. The van der Waals surface area contributed by atoms with Gasteiger partial charge in [-0.2, -0.15) is 18.4 Å². The topological polar surface area (TPSA) is 80.1 Å². The van der Waals surface area contributed by atoms with Crippen LogP contribution in [0.5, 0.6) is 0 Å². The van der Waals surface area contributed by atoms with E-state index in [0.717, 1.165) is 17.0 Å². The number of carbonyl (C=O) groups is 2. The van der Waals surface area contributed by atoms with Gasteiger partial charge in [0.25, 0.3) is 5.91 Å². The number of nitrogens with zero attached hydrogens (tertiary/aromatic N) is 5. The molecule has 0 spiro atoms. The van der Waals surface area contributed by atoms with Crippen molar-refractivity contribution in [3.8, 4) is 6.07 Å². The van der Waals surface area contributed by atoms with Gasteiger partial charge >= 0.3 is 12.3 Å². The Morgan fingerprint density at radius 1 is 1.14 bits per heavy atom. The molecule has 2 aliphatic rings. The van der Waals surface area contributed by atoms with Crippen molar-refractivity contribution in [2.24, 2.45) is 0 Å². The summed E-state index contributed by atoms with van der Waals surface area (Å²) in [6.07, 6.45) is -5.10. The predicted octanol–water partition coefficient (Wildman–Crippen LogP) is 3.84. The Morgan fingerprint density at radius 2 is 1.75 bits per heavy atom. The number of ether oxygens (including phenoxy) is 1. The molecule has 1 aromatic carbocycles. The van der Waals surface area contributed by atoms with Crippen LogP contribution in [0.25, 0.3) is 0 Å². The van der Waals surface area contributed by atoms with Gasteiger partial charge in [0.15, 0.2) is 5.11 Å². The molecule has 0 aliphatic carbocycles. The van der Waals surface area contributed by atoms with E-state index in [1.54, 1.807) is 29.7 Å². The van der Waals surface area contributed by atoms with Crippen molar-refractivity contribution in [1.82, 2.24) is 14.7 Å². The van der Waals surface area contributed by atoms with Crippen molar-refractivity contribution in [3.63, 3.8) is 0 Å². The Hall–Kier alpha value is -2.91. The first-order chi connectivity index (χ1) is 16.6. The maximum atomic E-state index is 13.5. The van der Waals surface area contributed by atoms with Gasteiger partial charge in [-0.05, 0) is 65.0 Å². The molecule has 196 valence electrons. The Balaban J connectivity index is 1.69. The monoisotopic (exact) mass is 525 g/mol. The summed E-state index contributed by atoms with van der Waals surface area (Å²) in [7, 11) is 0. The molecule has 2 aliphatic heterocycles. The highest BCUT2D eigenvalue weighted by molar-refractivity contribution is 7.80. The molecule has 0 saturated carbocycles. The van der Waals surface area contributed by atoms with E-state index < -0.39 is 34.4 Å². The van der Waals surface area contributed by atoms with Gasteiger partial charge in [-0.3, -0.25) is 14.6 Å². The minimum Gasteiger partial charge on any atom is -0.444 e. The molecule has 2 amide bonds. The molecule has 2 heterocycles. The highest BCUT2D eigenvalue weighted by atomic mass is 32.1. The Labute approximate surface area is 214 Å². The van der Waals surface area contributed by atoms with E-state index in [1.165, 1.54) is 6.07 Å². The number of piperazine rings is 1. The van der Waals surface area contributed by atoms with Crippen LogP contribution >= 0.6 is 12.2 Å². The number of carbonyl (C=O) groups excluding carboxylic acids is 2. The largest absolute Gasteiger partial charge is 0.444 e. The zero-order valence-electron chi connectivity index (χ0n) is 21.0. The minimum atomic E-state index is -4.75. The van der Waals surface area contributed by atoms with Gasteiger partial charge in [0.1, 0.15) is 11.1 Å². The van der Waals surface area contributed by atoms with Crippen LogP contribution in [0.3, 0.4) is 0 Å². The van der Waals surface area contributed by atoms with Gasteiger partial charge in [0, 0.05) is 39.3 Å². The molecule has 2 saturated heterocycles. The van der Waals surface area contributed by atoms with Crippen LogP contribution in [-0.4, -0.2) is 82.2 Å². The molecule has 36 heavy (non-hydrogen) atoms. The van der Waals surface area contributed by atoms with E-state index in [-0.39, 0.29) is 16.9 Å². The fourth-order valence-electron chi connectivity index (χ4n) is 4.16. The number of hydrogen-bond donors (Lipinski definition) is 0. The zero-order valence-corrected chi connectivity index (χ0v) is 21.8. The van der Waals surface area contributed by atoms with Gasteiger partial charge in [-0.1, -0.05) is 0 Å². The van der Waals surface area contributed by atoms with E-state index >= 15 is 0 Å². The number of nitriles is 1. The van der Waals surface area contributed by atoms with E-state index in [4.69, 9.17) is 22.2 Å². The molecule has 0 N–H and O–H groups in total. The van der Waals surface area contributed by atoms with Crippen LogP contribution in [0.1, 0.15) is 45.7 Å². The van der Waals surface area contributed by atoms with Gasteiger partial charge in [0.05, 0.1) is 22.9 Å². The molecule has 0 atom stereocenters. The van der Waals surface area contributed by atoms with Crippen LogP contribution < -0.4 is 4.90 Å². The van der Waals surface area contributed by atoms with Crippen molar-refractivity contribution in [2.45, 2.75) is 51.9 Å². The quantitative estimate of drug-likeness (QED) is 0.553. The van der Waals surface area contributed by atoms with Gasteiger partial charge in [-0.15, -0.1) is 0 Å². The lowest BCUT2D eigenvalue weighted by molar-refractivity contribution is -0.137. The molecule has 3 rings (SSSR count). The van der Waals surface area contributed by atoms with Crippen LogP contribution in [0.4, 0.5) is 23.7 Å². The fourth-order valence-corrected chi connectivity index (χ4v) is 4.67. The van der Waals surface area contributed by atoms with Crippen molar-refractivity contribution < 1.29 is 27.5 Å². The maximum Gasteiger partial charge on any atom is 0.417 e. The molecule has 12 heteroatoms. The number of anilines is 1. The first-order valence-corrected chi connectivity index (χ1v) is 11.9. The average Bonchev–Trinajstić information content (AvgIpc) is 2.94. The normalized spacial score (nSPS) is 19.0. The number of amides is 2. The van der Waals surface area contributed by atoms with E-state index in [2.05, 4.69) is 4.90 Å². The van der Waals surface area contributed by atoms with Crippen molar-refractivity contribution in [1.29, 1.82) is 5.26 Å². The van der Waals surface area contributed by atoms with E-state index in [0.29, 0.717) is 39.3 Å². The van der Waals surface area contributed by atoms with Crippen LogP contribution in [0.2, 0.25) is 0 Å². The lowest BCUT2D eigenvalue weighted by atomic mass is 10.0. The van der Waals surface area contributed by atoms with Gasteiger partial charge < -0.3 is 14.5 Å². The highest BCUT2D eigenvalue weighted by Gasteiger charge is 2.49. The summed E-state index contributed by atoms with van der Waals surface area (Å²) in [6.45, 7) is 11.9. The molecule has 0 unspecified atom stereocenters. The average molecular weight is 526 g/mol.